The van der Waals surface area contributed by atoms with Gasteiger partial charge in [0.25, 0.3) is 0 Å². The van der Waals surface area contributed by atoms with E-state index in [4.69, 9.17) is 23.7 Å². The number of ether oxygens (including phenoxy) is 5. The van der Waals surface area contributed by atoms with Crippen LogP contribution in [0.2, 0.25) is 0 Å². The van der Waals surface area contributed by atoms with Gasteiger partial charge in [0.1, 0.15) is 41.2 Å². The molecule has 0 bridgehead atoms. The van der Waals surface area contributed by atoms with Crippen LogP contribution in [0.15, 0.2) is 30.3 Å². The Bertz CT molecular complexity index is 1430. The molecule has 0 radical (unpaired) electrons. The number of unbranched alkanes of at least 4 members (excludes halogenated alkanes) is 1. The number of rotatable bonds is 22. The number of benzene rings is 1. The van der Waals surface area contributed by atoms with Crippen LogP contribution in [0.25, 0.3) is 0 Å². The molecule has 2 unspecified atom stereocenters. The van der Waals surface area contributed by atoms with Gasteiger partial charge < -0.3 is 28.8 Å². The van der Waals surface area contributed by atoms with Crippen molar-refractivity contribution < 1.29 is 57.7 Å². The predicted molar refractivity (Wildman–Crippen MR) is 211 cm³/mol. The fourth-order valence-corrected chi connectivity index (χ4v) is 5.48. The lowest BCUT2D eigenvalue weighted by atomic mass is 9.96. The standard InChI is InChI=1S/C41H67N3O13/c1-38(2,3)54-34(47)25-42(26-35(48)55-39(4,5)6)22-23-43(27-36(49)56-40(7,8)9)31(37(50)57-41(10,11)12)24-30(44(51)52)32(45)20-16-17-21-33(46)53-28-29-18-14-13-15-19-29/h13-15,18-19,30-32,45H,16-17,20-28H2,1-12H3/t30?,31-,32?/m0/s1. The molecule has 1 aromatic carbocycles. The molecular formula is C41H67N3O13. The molecule has 0 aliphatic heterocycles. The quantitative estimate of drug-likeness (QED) is 0.0537. The van der Waals surface area contributed by atoms with Crippen molar-refractivity contribution in [3.05, 3.63) is 46.0 Å². The second kappa shape index (κ2) is 22.7. The van der Waals surface area contributed by atoms with Gasteiger partial charge in [-0.2, -0.15) is 0 Å². The normalized spacial score (nSPS) is 14.0. The van der Waals surface area contributed by atoms with Gasteiger partial charge in [-0.1, -0.05) is 36.8 Å². The molecule has 0 saturated carbocycles. The second-order valence-electron chi connectivity index (χ2n) is 18.0. The molecule has 0 amide bonds. The van der Waals surface area contributed by atoms with Crippen molar-refractivity contribution in [1.29, 1.82) is 0 Å². The minimum Gasteiger partial charge on any atom is -0.461 e. The molecule has 0 saturated heterocycles. The fourth-order valence-electron chi connectivity index (χ4n) is 5.48. The monoisotopic (exact) mass is 809 g/mol. The van der Waals surface area contributed by atoms with Crippen LogP contribution in [0.3, 0.4) is 0 Å². The number of carbonyl (C=O) groups excluding carboxylic acids is 5. The second-order valence-corrected chi connectivity index (χ2v) is 18.0. The maximum atomic E-state index is 13.9. The van der Waals surface area contributed by atoms with Crippen molar-refractivity contribution in [2.45, 2.75) is 162 Å². The van der Waals surface area contributed by atoms with E-state index in [-0.39, 0.29) is 52.0 Å². The van der Waals surface area contributed by atoms with E-state index in [0.29, 0.717) is 6.42 Å². The first-order chi connectivity index (χ1) is 26.0. The minimum absolute atomic E-state index is 0.0377. The van der Waals surface area contributed by atoms with Crippen LogP contribution in [-0.4, -0.2) is 123 Å². The Kier molecular flexibility index (Phi) is 20.3. The summed E-state index contributed by atoms with van der Waals surface area (Å²) in [5.74, 6) is -3.38. The molecule has 0 aromatic heterocycles. The van der Waals surface area contributed by atoms with Gasteiger partial charge in [-0.3, -0.25) is 43.9 Å². The summed E-state index contributed by atoms with van der Waals surface area (Å²) in [6.07, 6.45) is -1.59. The SMILES string of the molecule is CC(C)(C)OC(=O)CN(CCN(CC(=O)OC(C)(C)C)[C@@H](CC(C(O)CCCCC(=O)OCc1ccccc1)[N+](=O)[O-])C(=O)OC(C)(C)C)CC(=O)OC(C)(C)C. The van der Waals surface area contributed by atoms with Gasteiger partial charge in [0.15, 0.2) is 0 Å². The summed E-state index contributed by atoms with van der Waals surface area (Å²) >= 11 is 0. The molecule has 0 aliphatic rings. The largest absolute Gasteiger partial charge is 0.461 e. The molecule has 0 aliphatic carbocycles. The van der Waals surface area contributed by atoms with Gasteiger partial charge in [-0.15, -0.1) is 0 Å². The van der Waals surface area contributed by atoms with E-state index in [1.54, 1.807) is 83.1 Å². The predicted octanol–water partition coefficient (Wildman–Crippen LogP) is 5.03. The lowest BCUT2D eigenvalue weighted by molar-refractivity contribution is -0.536. The number of aliphatic hydroxyl groups excluding tert-OH is 1. The summed E-state index contributed by atoms with van der Waals surface area (Å²) in [5, 5.41) is 23.7. The van der Waals surface area contributed by atoms with Crippen LogP contribution in [0, 0.1) is 10.1 Å². The molecular weight excluding hydrogens is 742 g/mol. The van der Waals surface area contributed by atoms with E-state index < -0.39 is 88.3 Å². The van der Waals surface area contributed by atoms with Gasteiger partial charge in [0.2, 0.25) is 6.04 Å². The maximum Gasteiger partial charge on any atom is 0.324 e. The molecule has 1 aromatic rings. The molecule has 16 heteroatoms. The Morgan fingerprint density at radius 1 is 0.684 bits per heavy atom. The number of nitro groups is 1. The maximum absolute atomic E-state index is 13.9. The van der Waals surface area contributed by atoms with Crippen molar-refractivity contribution in [3.63, 3.8) is 0 Å². The molecule has 16 nitrogen and oxygen atoms in total. The third-order valence-electron chi connectivity index (χ3n) is 7.67. The third kappa shape index (κ3) is 24.3. The van der Waals surface area contributed by atoms with Crippen molar-refractivity contribution in [1.82, 2.24) is 9.80 Å². The molecule has 57 heavy (non-hydrogen) atoms. The van der Waals surface area contributed by atoms with Crippen LogP contribution < -0.4 is 0 Å². The van der Waals surface area contributed by atoms with E-state index >= 15 is 0 Å². The van der Waals surface area contributed by atoms with E-state index in [2.05, 4.69) is 0 Å². The smallest absolute Gasteiger partial charge is 0.324 e. The van der Waals surface area contributed by atoms with Crippen LogP contribution in [0.5, 0.6) is 0 Å². The number of esters is 5. The van der Waals surface area contributed by atoms with Crippen LogP contribution in [0.4, 0.5) is 0 Å². The van der Waals surface area contributed by atoms with Gasteiger partial charge in [0.05, 0.1) is 19.6 Å². The van der Waals surface area contributed by atoms with Crippen LogP contribution >= 0.6 is 0 Å². The van der Waals surface area contributed by atoms with Crippen molar-refractivity contribution in [3.8, 4) is 0 Å². The summed E-state index contributed by atoms with van der Waals surface area (Å²) in [6, 6.07) is 6.01. The Morgan fingerprint density at radius 3 is 1.61 bits per heavy atom. The number of hydrogen-bond donors (Lipinski definition) is 1. The first kappa shape index (κ1) is 50.9. The van der Waals surface area contributed by atoms with E-state index in [0.717, 1.165) is 5.56 Å². The van der Waals surface area contributed by atoms with Gasteiger partial charge >= 0.3 is 29.8 Å². The summed E-state index contributed by atoms with van der Waals surface area (Å²) < 4.78 is 27.5. The molecule has 1 N–H and O–H groups in total. The number of aliphatic hydroxyl groups is 1. The summed E-state index contributed by atoms with van der Waals surface area (Å²) in [4.78, 5) is 80.0. The number of hydrogen-bond acceptors (Lipinski definition) is 15. The highest BCUT2D eigenvalue weighted by Gasteiger charge is 2.41. The third-order valence-corrected chi connectivity index (χ3v) is 7.67. The van der Waals surface area contributed by atoms with E-state index in [9.17, 15) is 39.2 Å². The zero-order valence-corrected chi connectivity index (χ0v) is 36.1. The highest BCUT2D eigenvalue weighted by atomic mass is 16.6. The lowest BCUT2D eigenvalue weighted by Gasteiger charge is -2.35. The zero-order valence-electron chi connectivity index (χ0n) is 36.1. The van der Waals surface area contributed by atoms with E-state index in [1.165, 1.54) is 9.80 Å². The molecule has 0 fully saturated rings. The fraction of sp³-hybridized carbons (Fsp3) is 0.732. The van der Waals surface area contributed by atoms with Crippen LogP contribution in [0.1, 0.15) is 121 Å². The lowest BCUT2D eigenvalue weighted by Crippen LogP contribution is -2.53. The first-order valence-corrected chi connectivity index (χ1v) is 19.4. The topological polar surface area (TPSA) is 201 Å². The first-order valence-electron chi connectivity index (χ1n) is 19.4. The highest BCUT2D eigenvalue weighted by Crippen LogP contribution is 2.22. The van der Waals surface area contributed by atoms with Crippen molar-refractivity contribution in [2.24, 2.45) is 0 Å². The van der Waals surface area contributed by atoms with Crippen molar-refractivity contribution >= 4 is 29.8 Å². The Balaban J connectivity index is 3.39. The van der Waals surface area contributed by atoms with Gasteiger partial charge in [-0.05, 0) is 101 Å². The summed E-state index contributed by atoms with van der Waals surface area (Å²) in [7, 11) is 0. The van der Waals surface area contributed by atoms with Gasteiger partial charge in [0, 0.05) is 30.9 Å². The van der Waals surface area contributed by atoms with Crippen molar-refractivity contribution in [2.75, 3.05) is 32.7 Å². The molecule has 3 atom stereocenters. The van der Waals surface area contributed by atoms with Gasteiger partial charge in [-0.25, -0.2) is 0 Å². The average molecular weight is 810 g/mol. The Morgan fingerprint density at radius 2 is 1.16 bits per heavy atom. The molecule has 324 valence electrons. The number of nitrogens with zero attached hydrogens (tertiary/aromatic N) is 3. The average Bonchev–Trinajstić information content (AvgIpc) is 3.01. The summed E-state index contributed by atoms with van der Waals surface area (Å²) in [5.41, 5.74) is -2.79. The Labute approximate surface area is 338 Å². The molecule has 0 spiro atoms. The number of carbonyl (C=O) groups is 5. The molecule has 0 heterocycles. The zero-order chi connectivity index (χ0) is 43.8. The summed E-state index contributed by atoms with van der Waals surface area (Å²) in [6.45, 7) is 18.6. The Hall–Kier alpha value is -4.15. The molecule has 1 rings (SSSR count). The van der Waals surface area contributed by atoms with Crippen LogP contribution in [-0.2, 0) is 54.3 Å². The van der Waals surface area contributed by atoms with E-state index in [1.807, 2.05) is 30.3 Å². The highest BCUT2D eigenvalue weighted by molar-refractivity contribution is 5.78. The minimum atomic E-state index is -1.69.